The maximum Gasteiger partial charge on any atom is 0.243 e. The molecule has 1 aliphatic rings. The van der Waals surface area contributed by atoms with Crippen molar-refractivity contribution in [2.45, 2.75) is 37.5 Å². The van der Waals surface area contributed by atoms with Crippen molar-refractivity contribution in [3.8, 4) is 5.75 Å². The zero-order valence-electron chi connectivity index (χ0n) is 19.9. The zero-order valence-corrected chi connectivity index (χ0v) is 20.7. The molecule has 7 nitrogen and oxygen atoms in total. The van der Waals surface area contributed by atoms with Gasteiger partial charge in [-0.3, -0.25) is 9.69 Å². The fraction of sp³-hybridized carbons (Fsp3) is 0.423. The van der Waals surface area contributed by atoms with Gasteiger partial charge < -0.3 is 10.1 Å². The molecule has 8 heteroatoms. The Morgan fingerprint density at radius 2 is 1.88 bits per heavy atom. The van der Waals surface area contributed by atoms with E-state index in [9.17, 15) is 13.2 Å². The number of rotatable bonds is 12. The molecule has 0 aromatic heterocycles. The van der Waals surface area contributed by atoms with Crippen LogP contribution in [0.5, 0.6) is 5.75 Å². The highest BCUT2D eigenvalue weighted by atomic mass is 32.2. The molecule has 0 spiro atoms. The zero-order chi connectivity index (χ0) is 24.4. The van der Waals surface area contributed by atoms with Crippen LogP contribution in [0.3, 0.4) is 0 Å². The SMILES string of the molecule is C=CCN(CCc1ccccc1)CC(=O)Nc1cc(S(=O)(=O)N2CCCCC2)ccc1OCC. The van der Waals surface area contributed by atoms with E-state index in [4.69, 9.17) is 4.74 Å². The fourth-order valence-electron chi connectivity index (χ4n) is 4.05. The van der Waals surface area contributed by atoms with Crippen molar-refractivity contribution < 1.29 is 17.9 Å². The quantitative estimate of drug-likeness (QED) is 0.461. The van der Waals surface area contributed by atoms with Gasteiger partial charge in [-0.15, -0.1) is 6.58 Å². The Bertz CT molecular complexity index is 1050. The Morgan fingerprint density at radius 3 is 2.56 bits per heavy atom. The molecular formula is C26H35N3O4S. The molecule has 1 saturated heterocycles. The molecule has 1 aliphatic heterocycles. The Hall–Kier alpha value is -2.68. The number of sulfonamides is 1. The van der Waals surface area contributed by atoms with Gasteiger partial charge in [0, 0.05) is 26.2 Å². The minimum Gasteiger partial charge on any atom is -0.492 e. The van der Waals surface area contributed by atoms with E-state index in [1.165, 1.54) is 15.9 Å². The van der Waals surface area contributed by atoms with Gasteiger partial charge in [-0.1, -0.05) is 42.8 Å². The van der Waals surface area contributed by atoms with Crippen LogP contribution in [0.15, 0.2) is 66.1 Å². The number of hydrogen-bond donors (Lipinski definition) is 1. The first-order chi connectivity index (χ1) is 16.4. The predicted octanol–water partition coefficient (Wildman–Crippen LogP) is 3.93. The molecule has 0 unspecified atom stereocenters. The average molecular weight is 486 g/mol. The van der Waals surface area contributed by atoms with Gasteiger partial charge in [-0.05, 0) is 49.9 Å². The fourth-order valence-corrected chi connectivity index (χ4v) is 5.59. The normalized spacial score (nSPS) is 14.6. The van der Waals surface area contributed by atoms with E-state index in [-0.39, 0.29) is 17.3 Å². The van der Waals surface area contributed by atoms with E-state index >= 15 is 0 Å². The Balaban J connectivity index is 1.72. The predicted molar refractivity (Wildman–Crippen MR) is 136 cm³/mol. The van der Waals surface area contributed by atoms with Gasteiger partial charge >= 0.3 is 0 Å². The first-order valence-corrected chi connectivity index (χ1v) is 13.3. The first-order valence-electron chi connectivity index (χ1n) is 11.9. The van der Waals surface area contributed by atoms with Crippen LogP contribution in [0.25, 0.3) is 0 Å². The van der Waals surface area contributed by atoms with Crippen molar-refractivity contribution >= 4 is 21.6 Å². The minimum absolute atomic E-state index is 0.160. The van der Waals surface area contributed by atoms with Gasteiger partial charge in [0.05, 0.1) is 23.7 Å². The molecule has 184 valence electrons. The standard InChI is InChI=1S/C26H35N3O4S/c1-3-16-28(19-15-22-11-7-5-8-12-22)21-26(30)27-24-20-23(13-14-25(24)33-4-2)34(31,32)29-17-9-6-10-18-29/h3,5,7-8,11-14,20H,1,4,6,9-10,15-19,21H2,2H3,(H,27,30). The average Bonchev–Trinajstić information content (AvgIpc) is 2.85. The number of amides is 1. The summed E-state index contributed by atoms with van der Waals surface area (Å²) in [4.78, 5) is 15.1. The number of hydrogen-bond acceptors (Lipinski definition) is 5. The van der Waals surface area contributed by atoms with Crippen molar-refractivity contribution in [1.29, 1.82) is 0 Å². The van der Waals surface area contributed by atoms with Crippen LogP contribution in [0, 0.1) is 0 Å². The molecule has 3 rings (SSSR count). The van der Waals surface area contributed by atoms with E-state index in [1.807, 2.05) is 30.0 Å². The van der Waals surface area contributed by atoms with Crippen molar-refractivity contribution in [1.82, 2.24) is 9.21 Å². The highest BCUT2D eigenvalue weighted by Crippen LogP contribution is 2.30. The molecule has 1 amide bonds. The van der Waals surface area contributed by atoms with Gasteiger partial charge in [0.1, 0.15) is 5.75 Å². The molecule has 0 atom stereocenters. The number of benzene rings is 2. The van der Waals surface area contributed by atoms with Crippen LogP contribution in [0.1, 0.15) is 31.7 Å². The lowest BCUT2D eigenvalue weighted by atomic mass is 10.1. The summed E-state index contributed by atoms with van der Waals surface area (Å²) in [7, 11) is -3.62. The van der Waals surface area contributed by atoms with Gasteiger partial charge in [-0.2, -0.15) is 4.31 Å². The van der Waals surface area contributed by atoms with E-state index in [1.54, 1.807) is 18.2 Å². The number of carbonyl (C=O) groups excluding carboxylic acids is 1. The summed E-state index contributed by atoms with van der Waals surface area (Å²) in [5.41, 5.74) is 1.57. The number of nitrogens with one attached hydrogen (secondary N) is 1. The second-order valence-electron chi connectivity index (χ2n) is 8.36. The van der Waals surface area contributed by atoms with Crippen LogP contribution in [0.4, 0.5) is 5.69 Å². The summed E-state index contributed by atoms with van der Waals surface area (Å²) in [5, 5.41) is 2.87. The van der Waals surface area contributed by atoms with Crippen LogP contribution in [-0.2, 0) is 21.2 Å². The lowest BCUT2D eigenvalue weighted by molar-refractivity contribution is -0.117. The summed E-state index contributed by atoms with van der Waals surface area (Å²) >= 11 is 0. The minimum atomic E-state index is -3.62. The van der Waals surface area contributed by atoms with Gasteiger partial charge in [0.25, 0.3) is 0 Å². The highest BCUT2D eigenvalue weighted by molar-refractivity contribution is 7.89. The summed E-state index contributed by atoms with van der Waals surface area (Å²) < 4.78 is 33.4. The van der Waals surface area contributed by atoms with Crippen molar-refractivity contribution in [2.24, 2.45) is 0 Å². The van der Waals surface area contributed by atoms with Crippen LogP contribution >= 0.6 is 0 Å². The van der Waals surface area contributed by atoms with E-state index in [0.29, 0.717) is 44.2 Å². The first kappa shape index (κ1) is 25.9. The highest BCUT2D eigenvalue weighted by Gasteiger charge is 2.27. The molecule has 0 saturated carbocycles. The van der Waals surface area contributed by atoms with Crippen molar-refractivity contribution in [3.63, 3.8) is 0 Å². The third kappa shape index (κ3) is 7.16. The van der Waals surface area contributed by atoms with Gasteiger partial charge in [-0.25, -0.2) is 8.42 Å². The Labute approximate surface area is 203 Å². The molecule has 0 aliphatic carbocycles. The van der Waals surface area contributed by atoms with Crippen molar-refractivity contribution in [3.05, 3.63) is 66.7 Å². The summed E-state index contributed by atoms with van der Waals surface area (Å²) in [6.45, 7) is 8.53. The lowest BCUT2D eigenvalue weighted by Crippen LogP contribution is -2.36. The summed E-state index contributed by atoms with van der Waals surface area (Å²) in [6, 6.07) is 14.8. The van der Waals surface area contributed by atoms with Gasteiger partial charge in [0.2, 0.25) is 15.9 Å². The number of carbonyl (C=O) groups is 1. The number of nitrogens with zero attached hydrogens (tertiary/aromatic N) is 2. The Kier molecular flexibility index (Phi) is 9.68. The van der Waals surface area contributed by atoms with E-state index < -0.39 is 10.0 Å². The summed E-state index contributed by atoms with van der Waals surface area (Å²) in [5.74, 6) is 0.219. The van der Waals surface area contributed by atoms with E-state index in [2.05, 4.69) is 24.0 Å². The monoisotopic (exact) mass is 485 g/mol. The topological polar surface area (TPSA) is 79.0 Å². The van der Waals surface area contributed by atoms with Crippen LogP contribution in [-0.4, -0.2) is 62.9 Å². The maximum atomic E-state index is 13.1. The molecular weight excluding hydrogens is 450 g/mol. The number of ether oxygens (including phenoxy) is 1. The molecule has 1 heterocycles. The summed E-state index contributed by atoms with van der Waals surface area (Å²) in [6.07, 6.45) is 5.36. The lowest BCUT2D eigenvalue weighted by Gasteiger charge is -2.26. The van der Waals surface area contributed by atoms with Gasteiger partial charge in [0.15, 0.2) is 0 Å². The largest absolute Gasteiger partial charge is 0.492 e. The third-order valence-electron chi connectivity index (χ3n) is 5.79. The molecule has 1 N–H and O–H groups in total. The van der Waals surface area contributed by atoms with Crippen molar-refractivity contribution in [2.75, 3.05) is 44.6 Å². The molecule has 2 aromatic carbocycles. The second kappa shape index (κ2) is 12.7. The third-order valence-corrected chi connectivity index (χ3v) is 7.69. The van der Waals surface area contributed by atoms with Crippen LogP contribution in [0.2, 0.25) is 0 Å². The van der Waals surface area contributed by atoms with Crippen LogP contribution < -0.4 is 10.1 Å². The second-order valence-corrected chi connectivity index (χ2v) is 10.3. The molecule has 0 bridgehead atoms. The van der Waals surface area contributed by atoms with E-state index in [0.717, 1.165) is 25.7 Å². The smallest absolute Gasteiger partial charge is 0.243 e. The molecule has 1 fully saturated rings. The molecule has 0 radical (unpaired) electrons. The Morgan fingerprint density at radius 1 is 1.15 bits per heavy atom. The number of piperidine rings is 1. The number of anilines is 1. The maximum absolute atomic E-state index is 13.1. The molecule has 2 aromatic rings. The molecule has 34 heavy (non-hydrogen) atoms.